The third-order valence-electron chi connectivity index (χ3n) is 2.37. The molecule has 0 amide bonds. The molecule has 0 fully saturated rings. The van der Waals surface area contributed by atoms with Crippen LogP contribution < -0.4 is 5.32 Å². The molecule has 0 atom stereocenters. The van der Waals surface area contributed by atoms with Gasteiger partial charge in [-0.2, -0.15) is 13.2 Å². The highest BCUT2D eigenvalue weighted by molar-refractivity contribution is 9.10. The lowest BCUT2D eigenvalue weighted by atomic mass is 10.2. The fraction of sp³-hybridized carbons (Fsp3) is 0.167. The van der Waals surface area contributed by atoms with E-state index in [2.05, 4.69) is 31.0 Å². The standard InChI is InChI=1S/C12H8BrF3N2O2S/c1-20-10(19)9-5-17-11(21-9)18-8-3-6(12(14,15)16)2-7(13)4-8/h2-5H,1H3,(H,17,18). The molecule has 21 heavy (non-hydrogen) atoms. The Morgan fingerprint density at radius 3 is 2.71 bits per heavy atom. The van der Waals surface area contributed by atoms with Crippen molar-refractivity contribution in [3.63, 3.8) is 0 Å². The van der Waals surface area contributed by atoms with Crippen LogP contribution in [-0.2, 0) is 10.9 Å². The zero-order valence-electron chi connectivity index (χ0n) is 10.5. The van der Waals surface area contributed by atoms with Gasteiger partial charge in [0.2, 0.25) is 0 Å². The zero-order valence-corrected chi connectivity index (χ0v) is 12.9. The van der Waals surface area contributed by atoms with E-state index in [1.807, 2.05) is 0 Å². The van der Waals surface area contributed by atoms with Gasteiger partial charge in [0.25, 0.3) is 0 Å². The van der Waals surface area contributed by atoms with E-state index in [1.54, 1.807) is 0 Å². The summed E-state index contributed by atoms with van der Waals surface area (Å²) in [5, 5.41) is 3.02. The van der Waals surface area contributed by atoms with Crippen molar-refractivity contribution in [2.75, 3.05) is 12.4 Å². The molecule has 0 bridgehead atoms. The van der Waals surface area contributed by atoms with Crippen LogP contribution >= 0.6 is 27.3 Å². The Balaban J connectivity index is 2.25. The second-order valence-electron chi connectivity index (χ2n) is 3.87. The Morgan fingerprint density at radius 2 is 2.10 bits per heavy atom. The topological polar surface area (TPSA) is 51.2 Å². The molecule has 0 saturated heterocycles. The number of aromatic nitrogens is 1. The van der Waals surface area contributed by atoms with Crippen molar-refractivity contribution < 1.29 is 22.7 Å². The quantitative estimate of drug-likeness (QED) is 0.798. The number of benzene rings is 1. The molecular weight excluding hydrogens is 373 g/mol. The lowest BCUT2D eigenvalue weighted by Gasteiger charge is -2.10. The Kier molecular flexibility index (Phi) is 4.52. The van der Waals surface area contributed by atoms with Crippen LogP contribution in [0.15, 0.2) is 28.9 Å². The van der Waals surface area contributed by atoms with Gasteiger partial charge in [-0.05, 0) is 18.2 Å². The summed E-state index contributed by atoms with van der Waals surface area (Å²) in [6.07, 6.45) is -3.15. The van der Waals surface area contributed by atoms with E-state index in [4.69, 9.17) is 0 Å². The maximum atomic E-state index is 12.7. The second kappa shape index (κ2) is 6.02. The van der Waals surface area contributed by atoms with Crippen LogP contribution in [0, 0.1) is 0 Å². The molecule has 1 aromatic heterocycles. The Morgan fingerprint density at radius 1 is 1.38 bits per heavy atom. The first-order valence-corrected chi connectivity index (χ1v) is 7.09. The van der Waals surface area contributed by atoms with Gasteiger partial charge < -0.3 is 10.1 Å². The van der Waals surface area contributed by atoms with Crippen LogP contribution in [0.4, 0.5) is 24.0 Å². The van der Waals surface area contributed by atoms with Crippen LogP contribution in [0.3, 0.4) is 0 Å². The molecule has 0 saturated carbocycles. The number of nitrogens with one attached hydrogen (secondary N) is 1. The van der Waals surface area contributed by atoms with E-state index in [1.165, 1.54) is 19.4 Å². The molecule has 0 aliphatic heterocycles. The molecular formula is C12H8BrF3N2O2S. The summed E-state index contributed by atoms with van der Waals surface area (Å²) in [5.74, 6) is -0.550. The molecule has 1 heterocycles. The molecule has 112 valence electrons. The van der Waals surface area contributed by atoms with Crippen molar-refractivity contribution in [2.45, 2.75) is 6.18 Å². The first-order valence-electron chi connectivity index (χ1n) is 5.48. The number of rotatable bonds is 3. The van der Waals surface area contributed by atoms with Gasteiger partial charge in [-0.3, -0.25) is 0 Å². The normalized spacial score (nSPS) is 11.3. The monoisotopic (exact) mass is 380 g/mol. The zero-order chi connectivity index (χ0) is 15.6. The molecule has 0 spiro atoms. The highest BCUT2D eigenvalue weighted by Crippen LogP contribution is 2.34. The maximum absolute atomic E-state index is 12.7. The number of ether oxygens (including phenoxy) is 1. The summed E-state index contributed by atoms with van der Waals surface area (Å²) < 4.78 is 43.0. The average molecular weight is 381 g/mol. The van der Waals surface area contributed by atoms with Crippen LogP contribution in [-0.4, -0.2) is 18.1 Å². The number of alkyl halides is 3. The van der Waals surface area contributed by atoms with Crippen LogP contribution in [0.2, 0.25) is 0 Å². The predicted molar refractivity (Wildman–Crippen MR) is 75.9 cm³/mol. The van der Waals surface area contributed by atoms with Gasteiger partial charge in [0, 0.05) is 10.2 Å². The number of carbonyl (C=O) groups excluding carboxylic acids is 1. The fourth-order valence-corrected chi connectivity index (χ4v) is 2.72. The minimum atomic E-state index is -4.44. The highest BCUT2D eigenvalue weighted by Gasteiger charge is 2.31. The highest BCUT2D eigenvalue weighted by atomic mass is 79.9. The second-order valence-corrected chi connectivity index (χ2v) is 5.82. The number of carbonyl (C=O) groups is 1. The summed E-state index contributed by atoms with van der Waals surface area (Å²) in [4.78, 5) is 15.5. The lowest BCUT2D eigenvalue weighted by Crippen LogP contribution is -2.05. The first kappa shape index (κ1) is 15.8. The Hall–Kier alpha value is -1.61. The number of esters is 1. The van der Waals surface area contributed by atoms with Crippen molar-refractivity contribution in [1.82, 2.24) is 4.98 Å². The van der Waals surface area contributed by atoms with E-state index in [-0.39, 0.29) is 15.0 Å². The molecule has 2 rings (SSSR count). The smallest absolute Gasteiger partial charge is 0.416 e. The van der Waals surface area contributed by atoms with Crippen molar-refractivity contribution >= 4 is 44.1 Å². The molecule has 0 radical (unpaired) electrons. The van der Waals surface area contributed by atoms with Gasteiger partial charge in [0.05, 0.1) is 18.9 Å². The molecule has 4 nitrogen and oxygen atoms in total. The Labute approximate surface area is 130 Å². The molecule has 2 aromatic rings. The summed E-state index contributed by atoms with van der Waals surface area (Å²) in [5.41, 5.74) is -0.577. The molecule has 0 unspecified atom stereocenters. The summed E-state index contributed by atoms with van der Waals surface area (Å²) >= 11 is 4.01. The molecule has 0 aliphatic carbocycles. The third kappa shape index (κ3) is 3.94. The minimum Gasteiger partial charge on any atom is -0.465 e. The van der Waals surface area contributed by atoms with Gasteiger partial charge in [-0.1, -0.05) is 27.3 Å². The van der Waals surface area contributed by atoms with Crippen LogP contribution in [0.5, 0.6) is 0 Å². The number of hydrogen-bond donors (Lipinski definition) is 1. The summed E-state index contributed by atoms with van der Waals surface area (Å²) in [7, 11) is 1.24. The van der Waals surface area contributed by atoms with E-state index in [0.717, 1.165) is 23.5 Å². The van der Waals surface area contributed by atoms with Gasteiger partial charge in [-0.15, -0.1) is 0 Å². The Bertz CT molecular complexity index is 673. The van der Waals surface area contributed by atoms with Crippen molar-refractivity contribution in [1.29, 1.82) is 0 Å². The number of halogens is 4. The van der Waals surface area contributed by atoms with Crippen molar-refractivity contribution in [3.05, 3.63) is 39.3 Å². The third-order valence-corrected chi connectivity index (χ3v) is 3.72. The maximum Gasteiger partial charge on any atom is 0.416 e. The number of hydrogen-bond acceptors (Lipinski definition) is 5. The van der Waals surface area contributed by atoms with E-state index in [9.17, 15) is 18.0 Å². The molecule has 1 aromatic carbocycles. The largest absolute Gasteiger partial charge is 0.465 e. The van der Waals surface area contributed by atoms with Crippen molar-refractivity contribution in [3.8, 4) is 0 Å². The average Bonchev–Trinajstić information content (AvgIpc) is 2.84. The first-order chi connectivity index (χ1) is 9.79. The number of nitrogens with zero attached hydrogens (tertiary/aromatic N) is 1. The van der Waals surface area contributed by atoms with E-state index in [0.29, 0.717) is 5.13 Å². The van der Waals surface area contributed by atoms with Crippen LogP contribution in [0.25, 0.3) is 0 Å². The predicted octanol–water partition coefficient (Wildman–Crippen LogP) is 4.45. The number of anilines is 2. The SMILES string of the molecule is COC(=O)c1cnc(Nc2cc(Br)cc(C(F)(F)F)c2)s1. The van der Waals surface area contributed by atoms with Gasteiger partial charge in [0.15, 0.2) is 5.13 Å². The molecule has 1 N–H and O–H groups in total. The summed E-state index contributed by atoms with van der Waals surface area (Å²) in [6, 6.07) is 3.42. The van der Waals surface area contributed by atoms with Gasteiger partial charge >= 0.3 is 12.1 Å². The van der Waals surface area contributed by atoms with Gasteiger partial charge in [0.1, 0.15) is 4.88 Å². The fourth-order valence-electron chi connectivity index (χ4n) is 1.48. The molecule has 9 heteroatoms. The molecule has 0 aliphatic rings. The van der Waals surface area contributed by atoms with Crippen LogP contribution in [0.1, 0.15) is 15.2 Å². The van der Waals surface area contributed by atoms with Gasteiger partial charge in [-0.25, -0.2) is 9.78 Å². The van der Waals surface area contributed by atoms with E-state index >= 15 is 0 Å². The minimum absolute atomic E-state index is 0.211. The van der Waals surface area contributed by atoms with E-state index < -0.39 is 17.7 Å². The number of thiazole rings is 1. The summed E-state index contributed by atoms with van der Waals surface area (Å²) in [6.45, 7) is 0. The number of methoxy groups -OCH3 is 1. The lowest BCUT2D eigenvalue weighted by molar-refractivity contribution is -0.137. The van der Waals surface area contributed by atoms with Crippen molar-refractivity contribution in [2.24, 2.45) is 0 Å².